The third kappa shape index (κ3) is 2.23. The number of piperidine rings is 1. The highest BCUT2D eigenvalue weighted by molar-refractivity contribution is 5.07. The number of nitrogens with zero attached hydrogens (tertiary/aromatic N) is 2. The monoisotopic (exact) mass is 207 g/mol. The highest BCUT2D eigenvalue weighted by Crippen LogP contribution is 2.24. The third-order valence-electron chi connectivity index (χ3n) is 3.48. The van der Waals surface area contributed by atoms with Gasteiger partial charge in [-0.2, -0.15) is 0 Å². The molecular weight excluding hydrogens is 186 g/mol. The number of hydrogen-bond acceptors (Lipinski definition) is 2. The molecule has 3 heteroatoms. The predicted molar refractivity (Wildman–Crippen MR) is 62.1 cm³/mol. The standard InChI is InChI=1S/C12H21N3/c1-3-10(2)12-8-14-9-15(12)11-5-4-6-13-7-11/h8-11,13H,3-7H2,1-2H3. The van der Waals surface area contributed by atoms with Gasteiger partial charge in [0, 0.05) is 24.5 Å². The van der Waals surface area contributed by atoms with Gasteiger partial charge < -0.3 is 9.88 Å². The molecule has 1 aliphatic rings. The van der Waals surface area contributed by atoms with Crippen molar-refractivity contribution in [1.29, 1.82) is 0 Å². The highest BCUT2D eigenvalue weighted by Gasteiger charge is 2.18. The topological polar surface area (TPSA) is 29.9 Å². The highest BCUT2D eigenvalue weighted by atomic mass is 15.1. The van der Waals surface area contributed by atoms with Gasteiger partial charge in [0.1, 0.15) is 0 Å². The van der Waals surface area contributed by atoms with Crippen molar-refractivity contribution >= 4 is 0 Å². The van der Waals surface area contributed by atoms with Crippen molar-refractivity contribution in [1.82, 2.24) is 14.9 Å². The molecule has 0 aromatic carbocycles. The van der Waals surface area contributed by atoms with Crippen LogP contribution >= 0.6 is 0 Å². The van der Waals surface area contributed by atoms with Gasteiger partial charge in [-0.05, 0) is 31.7 Å². The lowest BCUT2D eigenvalue weighted by atomic mass is 10.0. The second-order valence-corrected chi connectivity index (χ2v) is 4.54. The molecule has 1 N–H and O–H groups in total. The number of aromatic nitrogens is 2. The van der Waals surface area contributed by atoms with Crippen LogP contribution in [0.15, 0.2) is 12.5 Å². The molecule has 2 rings (SSSR count). The van der Waals surface area contributed by atoms with E-state index in [4.69, 9.17) is 0 Å². The van der Waals surface area contributed by atoms with Gasteiger partial charge in [-0.15, -0.1) is 0 Å². The SMILES string of the molecule is CCC(C)c1cncn1C1CCCNC1. The number of imidazole rings is 1. The maximum atomic E-state index is 4.30. The molecule has 0 bridgehead atoms. The minimum Gasteiger partial charge on any atom is -0.330 e. The molecule has 1 fully saturated rings. The maximum Gasteiger partial charge on any atom is 0.0951 e. The van der Waals surface area contributed by atoms with Crippen molar-refractivity contribution in [3.8, 4) is 0 Å². The van der Waals surface area contributed by atoms with Crippen molar-refractivity contribution in [2.24, 2.45) is 0 Å². The van der Waals surface area contributed by atoms with E-state index in [1.54, 1.807) is 0 Å². The average Bonchev–Trinajstić information content (AvgIpc) is 2.78. The molecule has 1 saturated heterocycles. The average molecular weight is 207 g/mol. The van der Waals surface area contributed by atoms with E-state index >= 15 is 0 Å². The van der Waals surface area contributed by atoms with E-state index in [-0.39, 0.29) is 0 Å². The van der Waals surface area contributed by atoms with Crippen LogP contribution in [0.2, 0.25) is 0 Å². The minimum absolute atomic E-state index is 0.616. The van der Waals surface area contributed by atoms with E-state index in [2.05, 4.69) is 28.7 Å². The Hall–Kier alpha value is -0.830. The molecule has 0 saturated carbocycles. The van der Waals surface area contributed by atoms with Crippen LogP contribution in [0, 0.1) is 0 Å². The van der Waals surface area contributed by atoms with Crippen molar-refractivity contribution < 1.29 is 0 Å². The first-order valence-corrected chi connectivity index (χ1v) is 6.05. The van der Waals surface area contributed by atoms with Crippen LogP contribution in [0.1, 0.15) is 50.8 Å². The Labute approximate surface area is 91.9 Å². The Kier molecular flexibility index (Phi) is 3.41. The largest absolute Gasteiger partial charge is 0.330 e. The summed E-state index contributed by atoms with van der Waals surface area (Å²) in [5.41, 5.74) is 1.39. The summed E-state index contributed by atoms with van der Waals surface area (Å²) in [4.78, 5) is 4.30. The fourth-order valence-electron chi connectivity index (χ4n) is 2.28. The van der Waals surface area contributed by atoms with Crippen LogP contribution in [0.25, 0.3) is 0 Å². The molecule has 15 heavy (non-hydrogen) atoms. The molecule has 0 amide bonds. The molecule has 2 atom stereocenters. The quantitative estimate of drug-likeness (QED) is 0.824. The van der Waals surface area contributed by atoms with Crippen molar-refractivity contribution in [3.63, 3.8) is 0 Å². The predicted octanol–water partition coefficient (Wildman–Crippen LogP) is 2.32. The van der Waals surface area contributed by atoms with Gasteiger partial charge in [0.15, 0.2) is 0 Å². The van der Waals surface area contributed by atoms with Crippen molar-refractivity contribution in [2.75, 3.05) is 13.1 Å². The summed E-state index contributed by atoms with van der Waals surface area (Å²) < 4.78 is 2.38. The fraction of sp³-hybridized carbons (Fsp3) is 0.750. The zero-order chi connectivity index (χ0) is 10.7. The molecule has 3 nitrogen and oxygen atoms in total. The summed E-state index contributed by atoms with van der Waals surface area (Å²) in [5, 5.41) is 3.46. The van der Waals surface area contributed by atoms with E-state index < -0.39 is 0 Å². The first kappa shape index (κ1) is 10.7. The van der Waals surface area contributed by atoms with Crippen LogP contribution in [0.3, 0.4) is 0 Å². The smallest absolute Gasteiger partial charge is 0.0951 e. The molecule has 84 valence electrons. The van der Waals surface area contributed by atoms with E-state index in [0.29, 0.717) is 12.0 Å². The van der Waals surface area contributed by atoms with Gasteiger partial charge >= 0.3 is 0 Å². The van der Waals surface area contributed by atoms with E-state index in [0.717, 1.165) is 6.54 Å². The van der Waals surface area contributed by atoms with Crippen LogP contribution in [0.4, 0.5) is 0 Å². The van der Waals surface area contributed by atoms with E-state index in [1.165, 1.54) is 31.5 Å². The Morgan fingerprint density at radius 1 is 1.67 bits per heavy atom. The second-order valence-electron chi connectivity index (χ2n) is 4.54. The van der Waals surface area contributed by atoms with E-state index in [9.17, 15) is 0 Å². The van der Waals surface area contributed by atoms with Crippen LogP contribution in [-0.2, 0) is 0 Å². The van der Waals surface area contributed by atoms with Gasteiger partial charge in [-0.3, -0.25) is 0 Å². The van der Waals surface area contributed by atoms with Crippen LogP contribution in [0.5, 0.6) is 0 Å². The van der Waals surface area contributed by atoms with Crippen LogP contribution < -0.4 is 5.32 Å². The van der Waals surface area contributed by atoms with Crippen molar-refractivity contribution in [3.05, 3.63) is 18.2 Å². The Bertz CT molecular complexity index is 300. The zero-order valence-electron chi connectivity index (χ0n) is 9.74. The third-order valence-corrected chi connectivity index (χ3v) is 3.48. The first-order valence-electron chi connectivity index (χ1n) is 6.05. The van der Waals surface area contributed by atoms with Gasteiger partial charge in [-0.25, -0.2) is 4.98 Å². The van der Waals surface area contributed by atoms with E-state index in [1.807, 2.05) is 12.5 Å². The molecule has 2 unspecified atom stereocenters. The van der Waals surface area contributed by atoms with Crippen molar-refractivity contribution in [2.45, 2.75) is 45.1 Å². The van der Waals surface area contributed by atoms with Gasteiger partial charge in [0.25, 0.3) is 0 Å². The number of nitrogens with one attached hydrogen (secondary N) is 1. The molecule has 0 aliphatic carbocycles. The molecule has 1 aliphatic heterocycles. The zero-order valence-corrected chi connectivity index (χ0v) is 9.74. The normalized spacial score (nSPS) is 24.0. The fourth-order valence-corrected chi connectivity index (χ4v) is 2.28. The second kappa shape index (κ2) is 4.79. The summed E-state index contributed by atoms with van der Waals surface area (Å²) in [7, 11) is 0. The summed E-state index contributed by atoms with van der Waals surface area (Å²) in [5.74, 6) is 0.620. The maximum absolute atomic E-state index is 4.30. The Morgan fingerprint density at radius 2 is 2.53 bits per heavy atom. The Morgan fingerprint density at radius 3 is 3.20 bits per heavy atom. The van der Waals surface area contributed by atoms with Crippen LogP contribution in [-0.4, -0.2) is 22.6 Å². The lowest BCUT2D eigenvalue weighted by molar-refractivity contribution is 0.360. The minimum atomic E-state index is 0.616. The summed E-state index contributed by atoms with van der Waals surface area (Å²) in [6.07, 6.45) is 7.78. The summed E-state index contributed by atoms with van der Waals surface area (Å²) >= 11 is 0. The lowest BCUT2D eigenvalue weighted by Gasteiger charge is -2.27. The summed E-state index contributed by atoms with van der Waals surface area (Å²) in [6, 6.07) is 0.616. The number of rotatable bonds is 3. The molecule has 0 spiro atoms. The lowest BCUT2D eigenvalue weighted by Crippen LogP contribution is -2.32. The van der Waals surface area contributed by atoms with Gasteiger partial charge in [0.2, 0.25) is 0 Å². The molecule has 1 aromatic rings. The van der Waals surface area contributed by atoms with Gasteiger partial charge in [0.05, 0.1) is 6.33 Å². The molecule has 1 aromatic heterocycles. The first-order chi connectivity index (χ1) is 7.33. The molecule has 2 heterocycles. The number of hydrogen-bond donors (Lipinski definition) is 1. The Balaban J connectivity index is 2.15. The molecule has 0 radical (unpaired) electrons. The molecular formula is C12H21N3. The summed E-state index contributed by atoms with van der Waals surface area (Å²) in [6.45, 7) is 6.79. The van der Waals surface area contributed by atoms with Gasteiger partial charge in [-0.1, -0.05) is 13.8 Å².